The zero-order chi connectivity index (χ0) is 18.2. The SMILES string of the molecule is COCCNCc1c(Br)ccc(OC)c1OCc1c(Cl)cccc1Cl. The normalized spacial score (nSPS) is 10.8. The molecule has 0 saturated heterocycles. The second-order valence-corrected chi connectivity index (χ2v) is 6.88. The van der Waals surface area contributed by atoms with Crippen LogP contribution in [-0.2, 0) is 17.9 Å². The van der Waals surface area contributed by atoms with E-state index in [0.29, 0.717) is 34.7 Å². The highest BCUT2D eigenvalue weighted by molar-refractivity contribution is 9.10. The molecule has 0 bridgehead atoms. The lowest BCUT2D eigenvalue weighted by atomic mass is 10.1. The highest BCUT2D eigenvalue weighted by Gasteiger charge is 2.16. The van der Waals surface area contributed by atoms with Crippen molar-refractivity contribution < 1.29 is 14.2 Å². The first-order chi connectivity index (χ1) is 12.1. The molecule has 2 rings (SSSR count). The van der Waals surface area contributed by atoms with Crippen molar-refractivity contribution in [2.24, 2.45) is 0 Å². The van der Waals surface area contributed by atoms with Gasteiger partial charge in [0.1, 0.15) is 6.61 Å². The average molecular weight is 449 g/mol. The van der Waals surface area contributed by atoms with Crippen molar-refractivity contribution in [1.29, 1.82) is 0 Å². The molecule has 0 aliphatic heterocycles. The quantitative estimate of drug-likeness (QED) is 0.543. The number of halogens is 3. The van der Waals surface area contributed by atoms with Gasteiger partial charge in [-0.05, 0) is 24.3 Å². The minimum atomic E-state index is 0.246. The van der Waals surface area contributed by atoms with Crippen LogP contribution in [0.3, 0.4) is 0 Å². The molecule has 2 aromatic rings. The number of methoxy groups -OCH3 is 2. The van der Waals surface area contributed by atoms with Crippen molar-refractivity contribution >= 4 is 39.1 Å². The summed E-state index contributed by atoms with van der Waals surface area (Å²) in [6.45, 7) is 2.21. The molecule has 7 heteroatoms. The molecule has 0 unspecified atom stereocenters. The molecule has 0 radical (unpaired) electrons. The van der Waals surface area contributed by atoms with E-state index in [1.54, 1.807) is 32.4 Å². The van der Waals surface area contributed by atoms with Crippen LogP contribution >= 0.6 is 39.1 Å². The van der Waals surface area contributed by atoms with Crippen LogP contribution in [-0.4, -0.2) is 27.4 Å². The third-order valence-corrected chi connectivity index (χ3v) is 5.05. The van der Waals surface area contributed by atoms with Gasteiger partial charge in [0.05, 0.1) is 13.7 Å². The molecule has 0 saturated carbocycles. The zero-order valence-corrected chi connectivity index (χ0v) is 17.2. The Morgan fingerprint density at radius 2 is 1.76 bits per heavy atom. The topological polar surface area (TPSA) is 39.7 Å². The second kappa shape index (κ2) is 10.2. The zero-order valence-electron chi connectivity index (χ0n) is 14.1. The van der Waals surface area contributed by atoms with Crippen molar-refractivity contribution in [3.8, 4) is 11.5 Å². The maximum absolute atomic E-state index is 6.23. The molecule has 0 atom stereocenters. The Balaban J connectivity index is 2.23. The van der Waals surface area contributed by atoms with Crippen molar-refractivity contribution in [2.45, 2.75) is 13.2 Å². The monoisotopic (exact) mass is 447 g/mol. The molecule has 0 heterocycles. The lowest BCUT2D eigenvalue weighted by Crippen LogP contribution is -2.19. The second-order valence-electron chi connectivity index (χ2n) is 5.22. The molecular weight excluding hydrogens is 429 g/mol. The molecule has 2 aromatic carbocycles. The Morgan fingerprint density at radius 1 is 1.04 bits per heavy atom. The highest BCUT2D eigenvalue weighted by Crippen LogP contribution is 2.37. The predicted octanol–water partition coefficient (Wildman–Crippen LogP) is 5.08. The fourth-order valence-electron chi connectivity index (χ4n) is 2.27. The van der Waals surface area contributed by atoms with Crippen molar-refractivity contribution in [1.82, 2.24) is 5.32 Å². The third kappa shape index (κ3) is 5.50. The standard InChI is InChI=1S/C18H20BrCl2NO3/c1-23-9-8-22-10-12-14(19)6-7-17(24-2)18(12)25-11-13-15(20)4-3-5-16(13)21/h3-7,22H,8-11H2,1-2H3. The summed E-state index contributed by atoms with van der Waals surface area (Å²) in [6.07, 6.45) is 0. The van der Waals surface area contributed by atoms with E-state index in [2.05, 4.69) is 21.2 Å². The number of rotatable bonds is 9. The van der Waals surface area contributed by atoms with E-state index in [0.717, 1.165) is 22.1 Å². The molecule has 0 fully saturated rings. The van der Waals surface area contributed by atoms with Gasteiger partial charge in [-0.2, -0.15) is 0 Å². The summed E-state index contributed by atoms with van der Waals surface area (Å²) in [5, 5.41) is 4.45. The number of ether oxygens (including phenoxy) is 3. The molecule has 136 valence electrons. The van der Waals surface area contributed by atoms with Gasteiger partial charge >= 0.3 is 0 Å². The molecule has 1 N–H and O–H groups in total. The molecular formula is C18H20BrCl2NO3. The van der Waals surface area contributed by atoms with E-state index in [1.807, 2.05) is 12.1 Å². The van der Waals surface area contributed by atoms with E-state index >= 15 is 0 Å². The van der Waals surface area contributed by atoms with Gasteiger partial charge in [0, 0.05) is 45.8 Å². The predicted molar refractivity (Wildman–Crippen MR) is 105 cm³/mol. The van der Waals surface area contributed by atoms with Gasteiger partial charge in [0.2, 0.25) is 0 Å². The summed E-state index contributed by atoms with van der Waals surface area (Å²) in [4.78, 5) is 0. The van der Waals surface area contributed by atoms with Gasteiger partial charge in [0.15, 0.2) is 11.5 Å². The summed E-state index contributed by atoms with van der Waals surface area (Å²) >= 11 is 16.0. The maximum atomic E-state index is 6.23. The number of benzene rings is 2. The van der Waals surface area contributed by atoms with E-state index in [-0.39, 0.29) is 6.61 Å². The number of hydrogen-bond donors (Lipinski definition) is 1. The summed E-state index contributed by atoms with van der Waals surface area (Å²) in [6, 6.07) is 9.17. The number of hydrogen-bond acceptors (Lipinski definition) is 4. The minimum absolute atomic E-state index is 0.246. The molecule has 0 spiro atoms. The first kappa shape index (κ1) is 20.3. The molecule has 0 amide bonds. The minimum Gasteiger partial charge on any atom is -0.493 e. The van der Waals surface area contributed by atoms with E-state index < -0.39 is 0 Å². The number of nitrogens with one attached hydrogen (secondary N) is 1. The van der Waals surface area contributed by atoms with E-state index in [1.165, 1.54) is 0 Å². The van der Waals surface area contributed by atoms with Crippen LogP contribution in [0.25, 0.3) is 0 Å². The Labute approximate surface area is 166 Å². The Bertz CT molecular complexity index is 693. The average Bonchev–Trinajstić information content (AvgIpc) is 2.60. The lowest BCUT2D eigenvalue weighted by Gasteiger charge is -2.18. The fourth-order valence-corrected chi connectivity index (χ4v) is 3.23. The van der Waals surface area contributed by atoms with Gasteiger partial charge in [-0.1, -0.05) is 45.2 Å². The van der Waals surface area contributed by atoms with Crippen LogP contribution < -0.4 is 14.8 Å². The summed E-state index contributed by atoms with van der Waals surface area (Å²) in [5.74, 6) is 1.30. The van der Waals surface area contributed by atoms with Gasteiger partial charge in [-0.25, -0.2) is 0 Å². The molecule has 25 heavy (non-hydrogen) atoms. The van der Waals surface area contributed by atoms with Gasteiger partial charge < -0.3 is 19.5 Å². The largest absolute Gasteiger partial charge is 0.493 e. The van der Waals surface area contributed by atoms with Crippen molar-refractivity contribution in [3.05, 3.63) is 56.0 Å². The Kier molecular flexibility index (Phi) is 8.33. The first-order valence-corrected chi connectivity index (χ1v) is 9.24. The molecule has 0 aromatic heterocycles. The summed E-state index contributed by atoms with van der Waals surface area (Å²) in [7, 11) is 3.28. The van der Waals surface area contributed by atoms with Gasteiger partial charge in [-0.3, -0.25) is 0 Å². The van der Waals surface area contributed by atoms with Crippen molar-refractivity contribution in [3.63, 3.8) is 0 Å². The van der Waals surface area contributed by atoms with Crippen LogP contribution in [0.4, 0.5) is 0 Å². The van der Waals surface area contributed by atoms with Crippen LogP contribution in [0.5, 0.6) is 11.5 Å². The molecule has 0 aliphatic rings. The smallest absolute Gasteiger partial charge is 0.167 e. The van der Waals surface area contributed by atoms with Crippen LogP contribution in [0.2, 0.25) is 10.0 Å². The van der Waals surface area contributed by atoms with E-state index in [4.69, 9.17) is 37.4 Å². The summed E-state index contributed by atoms with van der Waals surface area (Å²) < 4.78 is 17.5. The third-order valence-electron chi connectivity index (χ3n) is 3.59. The first-order valence-electron chi connectivity index (χ1n) is 7.69. The molecule has 0 aliphatic carbocycles. The van der Waals surface area contributed by atoms with Crippen LogP contribution in [0, 0.1) is 0 Å². The molecule has 4 nitrogen and oxygen atoms in total. The van der Waals surface area contributed by atoms with E-state index in [9.17, 15) is 0 Å². The fraction of sp³-hybridized carbons (Fsp3) is 0.333. The van der Waals surface area contributed by atoms with Gasteiger partial charge in [0.25, 0.3) is 0 Å². The summed E-state index contributed by atoms with van der Waals surface area (Å²) in [5.41, 5.74) is 1.70. The Hall–Kier alpha value is -0.980. The van der Waals surface area contributed by atoms with Crippen molar-refractivity contribution in [2.75, 3.05) is 27.4 Å². The highest BCUT2D eigenvalue weighted by atomic mass is 79.9. The van der Waals surface area contributed by atoms with Gasteiger partial charge in [-0.15, -0.1) is 0 Å². The van der Waals surface area contributed by atoms with Crippen LogP contribution in [0.15, 0.2) is 34.8 Å². The maximum Gasteiger partial charge on any atom is 0.167 e. The van der Waals surface area contributed by atoms with Crippen LogP contribution in [0.1, 0.15) is 11.1 Å². The lowest BCUT2D eigenvalue weighted by molar-refractivity contribution is 0.199. The Morgan fingerprint density at radius 3 is 2.40 bits per heavy atom.